The number of pyridine rings is 1. The van der Waals surface area contributed by atoms with Gasteiger partial charge in [-0.25, -0.2) is 0 Å². The van der Waals surface area contributed by atoms with Crippen LogP contribution in [-0.4, -0.2) is 80.0 Å². The number of carbonyl (C=O) groups excluding carboxylic acids is 1. The number of aromatic nitrogens is 1. The molecule has 1 heterocycles. The summed E-state index contributed by atoms with van der Waals surface area (Å²) in [6.07, 6.45) is 1.95. The minimum absolute atomic E-state index is 0.115. The summed E-state index contributed by atoms with van der Waals surface area (Å²) in [5, 5.41) is 0.938. The highest BCUT2D eigenvalue weighted by Crippen LogP contribution is 2.20. The number of carbonyl (C=O) groups is 1. The lowest BCUT2D eigenvalue weighted by Crippen LogP contribution is -2.35. The molecule has 0 N–H and O–H groups in total. The first-order chi connectivity index (χ1) is 12.4. The highest BCUT2D eigenvalue weighted by molar-refractivity contribution is 6.06. The largest absolute Gasteiger partial charge is 0.339 e. The van der Waals surface area contributed by atoms with Crippen LogP contribution < -0.4 is 0 Å². The molecule has 0 radical (unpaired) electrons. The maximum Gasteiger partial charge on any atom is 0.254 e. The average Bonchev–Trinajstić information content (AvgIpc) is 2.58. The Morgan fingerprint density at radius 1 is 0.923 bits per heavy atom. The molecule has 0 saturated heterocycles. The van der Waals surface area contributed by atoms with Crippen molar-refractivity contribution in [3.63, 3.8) is 0 Å². The molecule has 5 heteroatoms. The molecule has 0 saturated carbocycles. The Hall–Kier alpha value is -1.98. The minimum atomic E-state index is 0.115. The van der Waals surface area contributed by atoms with Crippen molar-refractivity contribution in [2.24, 2.45) is 0 Å². The third-order valence-electron chi connectivity index (χ3n) is 4.43. The first-order valence-electron chi connectivity index (χ1n) is 9.33. The molecule has 0 fully saturated rings. The molecular weight excluding hydrogens is 324 g/mol. The zero-order valence-corrected chi connectivity index (χ0v) is 16.8. The van der Waals surface area contributed by atoms with Gasteiger partial charge in [-0.15, -0.1) is 0 Å². The van der Waals surface area contributed by atoms with Crippen molar-refractivity contribution >= 4 is 16.8 Å². The number of hydrogen-bond acceptors (Lipinski definition) is 4. The number of aryl methyl sites for hydroxylation is 1. The van der Waals surface area contributed by atoms with E-state index < -0.39 is 0 Å². The van der Waals surface area contributed by atoms with Crippen molar-refractivity contribution in [2.45, 2.75) is 19.8 Å². The molecule has 1 amide bonds. The van der Waals surface area contributed by atoms with Gasteiger partial charge in [0.1, 0.15) is 0 Å². The molecule has 142 valence electrons. The van der Waals surface area contributed by atoms with Crippen molar-refractivity contribution < 1.29 is 4.79 Å². The number of fused-ring (bicyclic) bond motifs is 1. The van der Waals surface area contributed by atoms with E-state index in [9.17, 15) is 4.79 Å². The normalized spacial score (nSPS) is 11.5. The van der Waals surface area contributed by atoms with Crippen LogP contribution in [0.5, 0.6) is 0 Å². The molecule has 0 bridgehead atoms. The van der Waals surface area contributed by atoms with E-state index in [-0.39, 0.29) is 5.91 Å². The van der Waals surface area contributed by atoms with Gasteiger partial charge in [-0.05, 0) is 73.2 Å². The monoisotopic (exact) mass is 356 g/mol. The van der Waals surface area contributed by atoms with Gasteiger partial charge >= 0.3 is 0 Å². The average molecular weight is 357 g/mol. The number of nitrogens with zero attached hydrogens (tertiary/aromatic N) is 4. The van der Waals surface area contributed by atoms with E-state index in [0.717, 1.165) is 61.2 Å². The molecule has 0 aliphatic rings. The highest BCUT2D eigenvalue weighted by Gasteiger charge is 2.19. The van der Waals surface area contributed by atoms with Crippen molar-refractivity contribution in [1.29, 1.82) is 0 Å². The van der Waals surface area contributed by atoms with Crippen LogP contribution in [0.3, 0.4) is 0 Å². The highest BCUT2D eigenvalue weighted by atomic mass is 16.2. The Balaban J connectivity index is 2.23. The van der Waals surface area contributed by atoms with E-state index in [1.807, 2.05) is 42.2 Å². The van der Waals surface area contributed by atoms with E-state index >= 15 is 0 Å². The minimum Gasteiger partial charge on any atom is -0.339 e. The fourth-order valence-corrected chi connectivity index (χ4v) is 3.13. The zero-order valence-electron chi connectivity index (χ0n) is 16.8. The summed E-state index contributed by atoms with van der Waals surface area (Å²) in [4.78, 5) is 24.2. The summed E-state index contributed by atoms with van der Waals surface area (Å²) in [5.74, 6) is 0.115. The second kappa shape index (κ2) is 9.64. The van der Waals surface area contributed by atoms with E-state index in [1.165, 1.54) is 0 Å². The number of hydrogen-bond donors (Lipinski definition) is 0. The second-order valence-electron chi connectivity index (χ2n) is 7.43. The molecule has 0 aliphatic heterocycles. The third kappa shape index (κ3) is 5.78. The van der Waals surface area contributed by atoms with Crippen LogP contribution in [0.15, 0.2) is 30.3 Å². The Morgan fingerprint density at radius 3 is 2.08 bits per heavy atom. The van der Waals surface area contributed by atoms with Gasteiger partial charge in [0, 0.05) is 24.2 Å². The number of benzene rings is 1. The standard InChI is InChI=1S/C21H32N4O/c1-17-16-19(18-10-6-7-11-20(18)22-17)21(26)25(14-8-12-23(2)3)15-9-13-24(4)5/h6-7,10-11,16H,8-9,12-15H2,1-5H3. The van der Waals surface area contributed by atoms with Gasteiger partial charge in [0.2, 0.25) is 0 Å². The predicted octanol–water partition coefficient (Wildman–Crippen LogP) is 2.89. The van der Waals surface area contributed by atoms with Crippen LogP contribution in [-0.2, 0) is 0 Å². The lowest BCUT2D eigenvalue weighted by atomic mass is 10.1. The fraction of sp³-hybridized carbons (Fsp3) is 0.524. The van der Waals surface area contributed by atoms with E-state index in [2.05, 4.69) is 43.0 Å². The first-order valence-corrected chi connectivity index (χ1v) is 9.33. The SMILES string of the molecule is Cc1cc(C(=O)N(CCCN(C)C)CCCN(C)C)c2ccccc2n1. The molecule has 2 aromatic rings. The summed E-state index contributed by atoms with van der Waals surface area (Å²) in [6.45, 7) is 5.47. The van der Waals surface area contributed by atoms with Gasteiger partial charge in [-0.3, -0.25) is 9.78 Å². The van der Waals surface area contributed by atoms with Crippen LogP contribution in [0.1, 0.15) is 28.9 Å². The molecule has 5 nitrogen and oxygen atoms in total. The summed E-state index contributed by atoms with van der Waals surface area (Å²) in [5.41, 5.74) is 2.54. The van der Waals surface area contributed by atoms with Gasteiger partial charge in [0.15, 0.2) is 0 Å². The van der Waals surface area contributed by atoms with Gasteiger partial charge in [0.05, 0.1) is 11.1 Å². The van der Waals surface area contributed by atoms with Crippen LogP contribution in [0.2, 0.25) is 0 Å². The Morgan fingerprint density at radius 2 is 1.50 bits per heavy atom. The lowest BCUT2D eigenvalue weighted by Gasteiger charge is -2.25. The summed E-state index contributed by atoms with van der Waals surface area (Å²) >= 11 is 0. The topological polar surface area (TPSA) is 39.7 Å². The lowest BCUT2D eigenvalue weighted by molar-refractivity contribution is 0.0746. The van der Waals surface area contributed by atoms with Gasteiger partial charge in [0.25, 0.3) is 5.91 Å². The summed E-state index contributed by atoms with van der Waals surface area (Å²) in [6, 6.07) is 9.83. The van der Waals surface area contributed by atoms with E-state index in [4.69, 9.17) is 0 Å². The summed E-state index contributed by atoms with van der Waals surface area (Å²) < 4.78 is 0. The van der Waals surface area contributed by atoms with Crippen LogP contribution in [0, 0.1) is 6.92 Å². The maximum absolute atomic E-state index is 13.3. The van der Waals surface area contributed by atoms with Crippen molar-refractivity contribution in [2.75, 3.05) is 54.4 Å². The van der Waals surface area contributed by atoms with E-state index in [0.29, 0.717) is 0 Å². The number of amides is 1. The molecule has 1 aromatic heterocycles. The molecule has 2 rings (SSSR count). The van der Waals surface area contributed by atoms with Crippen molar-refractivity contribution in [1.82, 2.24) is 19.7 Å². The molecule has 26 heavy (non-hydrogen) atoms. The van der Waals surface area contributed by atoms with Crippen LogP contribution >= 0.6 is 0 Å². The fourth-order valence-electron chi connectivity index (χ4n) is 3.13. The first kappa shape index (κ1) is 20.3. The Kier molecular flexibility index (Phi) is 7.54. The Bertz CT molecular complexity index is 713. The third-order valence-corrected chi connectivity index (χ3v) is 4.43. The van der Waals surface area contributed by atoms with E-state index in [1.54, 1.807) is 0 Å². The smallest absolute Gasteiger partial charge is 0.254 e. The molecule has 0 aliphatic carbocycles. The molecule has 0 atom stereocenters. The quantitative estimate of drug-likeness (QED) is 0.693. The predicted molar refractivity (Wildman–Crippen MR) is 109 cm³/mol. The number of rotatable bonds is 9. The second-order valence-corrected chi connectivity index (χ2v) is 7.43. The summed E-state index contributed by atoms with van der Waals surface area (Å²) in [7, 11) is 8.27. The molecule has 1 aromatic carbocycles. The zero-order chi connectivity index (χ0) is 19.1. The number of para-hydroxylation sites is 1. The van der Waals surface area contributed by atoms with Gasteiger partial charge < -0.3 is 14.7 Å². The van der Waals surface area contributed by atoms with Crippen LogP contribution in [0.25, 0.3) is 10.9 Å². The Labute approximate surface area is 157 Å². The van der Waals surface area contributed by atoms with Crippen molar-refractivity contribution in [3.8, 4) is 0 Å². The van der Waals surface area contributed by atoms with Crippen LogP contribution in [0.4, 0.5) is 0 Å². The molecule has 0 spiro atoms. The van der Waals surface area contributed by atoms with Crippen molar-refractivity contribution in [3.05, 3.63) is 41.6 Å². The maximum atomic E-state index is 13.3. The van der Waals surface area contributed by atoms with Gasteiger partial charge in [-0.2, -0.15) is 0 Å². The van der Waals surface area contributed by atoms with Gasteiger partial charge in [-0.1, -0.05) is 18.2 Å². The molecule has 0 unspecified atom stereocenters. The molecular formula is C21H32N4O.